The molecule has 3 aromatic rings. The van der Waals surface area contributed by atoms with E-state index in [1.807, 2.05) is 19.1 Å². The zero-order chi connectivity index (χ0) is 19.9. The number of carbonyl (C=O) groups is 2. The Labute approximate surface area is 167 Å². The number of hydrogen-bond donors (Lipinski definition) is 3. The van der Waals surface area contributed by atoms with E-state index in [2.05, 4.69) is 21.0 Å². The molecule has 8 heteroatoms. The lowest BCUT2D eigenvalue weighted by Gasteiger charge is -2.13. The maximum Gasteiger partial charge on any atom is 0.251 e. The largest absolute Gasteiger partial charge is 0.374 e. The molecule has 0 unspecified atom stereocenters. The normalized spacial score (nSPS) is 10.4. The van der Waals surface area contributed by atoms with E-state index in [0.29, 0.717) is 28.5 Å². The van der Waals surface area contributed by atoms with Crippen molar-refractivity contribution in [2.75, 3.05) is 23.7 Å². The van der Waals surface area contributed by atoms with Gasteiger partial charge in [0.2, 0.25) is 5.91 Å². The van der Waals surface area contributed by atoms with E-state index in [-0.39, 0.29) is 18.4 Å². The summed E-state index contributed by atoms with van der Waals surface area (Å²) in [6.07, 6.45) is 3.48. The molecule has 3 rings (SSSR count). The van der Waals surface area contributed by atoms with Gasteiger partial charge in [-0.05, 0) is 49.4 Å². The minimum absolute atomic E-state index is 0.0278. The van der Waals surface area contributed by atoms with Crippen molar-refractivity contribution >= 4 is 34.8 Å². The number of nitrogens with zero attached hydrogens (tertiary/aromatic N) is 2. The van der Waals surface area contributed by atoms with Crippen LogP contribution < -0.4 is 16.0 Å². The first-order chi connectivity index (χ1) is 13.6. The van der Waals surface area contributed by atoms with E-state index >= 15 is 0 Å². The van der Waals surface area contributed by atoms with E-state index < -0.39 is 0 Å². The summed E-state index contributed by atoms with van der Waals surface area (Å²) in [5.74, 6) is -0.432. The Bertz CT molecular complexity index is 972. The first-order valence-electron chi connectivity index (χ1n) is 8.78. The fourth-order valence-corrected chi connectivity index (χ4v) is 2.81. The lowest BCUT2D eigenvalue weighted by Crippen LogP contribution is -2.24. The van der Waals surface area contributed by atoms with Crippen LogP contribution in [0.4, 0.5) is 11.4 Å². The summed E-state index contributed by atoms with van der Waals surface area (Å²) >= 11 is 6.09. The van der Waals surface area contributed by atoms with Gasteiger partial charge in [-0.1, -0.05) is 17.7 Å². The van der Waals surface area contributed by atoms with Crippen LogP contribution in [-0.2, 0) is 4.79 Å². The van der Waals surface area contributed by atoms with Crippen molar-refractivity contribution in [3.63, 3.8) is 0 Å². The second-order valence-electron chi connectivity index (χ2n) is 5.95. The zero-order valence-electron chi connectivity index (χ0n) is 15.3. The topological polar surface area (TPSA) is 88.0 Å². The Morgan fingerprint density at radius 2 is 2.00 bits per heavy atom. The van der Waals surface area contributed by atoms with Gasteiger partial charge in [0.25, 0.3) is 5.91 Å². The fourth-order valence-electron chi connectivity index (χ4n) is 2.64. The Morgan fingerprint density at radius 1 is 1.14 bits per heavy atom. The molecule has 1 heterocycles. The third-order valence-electron chi connectivity index (χ3n) is 3.90. The summed E-state index contributed by atoms with van der Waals surface area (Å²) < 4.78 is 1.69. The highest BCUT2D eigenvalue weighted by Crippen LogP contribution is 2.24. The molecule has 28 heavy (non-hydrogen) atoms. The molecule has 0 saturated heterocycles. The van der Waals surface area contributed by atoms with Gasteiger partial charge in [-0.3, -0.25) is 9.59 Å². The summed E-state index contributed by atoms with van der Waals surface area (Å²) in [6, 6.07) is 13.9. The van der Waals surface area contributed by atoms with Gasteiger partial charge in [0.1, 0.15) is 0 Å². The van der Waals surface area contributed by atoms with E-state index in [1.54, 1.807) is 53.5 Å². The summed E-state index contributed by atoms with van der Waals surface area (Å²) in [5, 5.41) is 13.4. The summed E-state index contributed by atoms with van der Waals surface area (Å²) in [4.78, 5) is 24.3. The molecule has 1 aromatic heterocycles. The highest BCUT2D eigenvalue weighted by atomic mass is 35.5. The molecule has 0 atom stereocenters. The Balaban J connectivity index is 1.66. The van der Waals surface area contributed by atoms with Gasteiger partial charge in [0.05, 0.1) is 17.9 Å². The van der Waals surface area contributed by atoms with Crippen LogP contribution in [0.5, 0.6) is 0 Å². The fraction of sp³-hybridized carbons (Fsp3) is 0.150. The molecule has 0 fully saturated rings. The highest BCUT2D eigenvalue weighted by Gasteiger charge is 2.10. The Hall–Kier alpha value is -3.32. The zero-order valence-corrected chi connectivity index (χ0v) is 16.0. The summed E-state index contributed by atoms with van der Waals surface area (Å²) in [7, 11) is 0. The second kappa shape index (κ2) is 9.05. The minimum atomic E-state index is -0.251. The monoisotopic (exact) mass is 397 g/mol. The molecule has 0 aliphatic heterocycles. The highest BCUT2D eigenvalue weighted by molar-refractivity contribution is 6.31. The number of carbonyl (C=O) groups excluding carboxylic acids is 2. The first kappa shape index (κ1) is 19.4. The molecule has 0 spiro atoms. The van der Waals surface area contributed by atoms with Gasteiger partial charge in [-0.2, -0.15) is 5.10 Å². The van der Waals surface area contributed by atoms with Crippen LogP contribution in [0.2, 0.25) is 5.02 Å². The number of rotatable bonds is 7. The number of aromatic nitrogens is 2. The lowest BCUT2D eigenvalue weighted by molar-refractivity contribution is -0.114. The quantitative estimate of drug-likeness (QED) is 0.570. The first-order valence-corrected chi connectivity index (χ1v) is 9.16. The van der Waals surface area contributed by atoms with Crippen molar-refractivity contribution in [3.8, 4) is 5.69 Å². The van der Waals surface area contributed by atoms with E-state index in [1.165, 1.54) is 0 Å². The molecule has 2 amide bonds. The average Bonchev–Trinajstić information content (AvgIpc) is 3.21. The Kier molecular flexibility index (Phi) is 6.29. The van der Waals surface area contributed by atoms with Gasteiger partial charge in [0.15, 0.2) is 0 Å². The van der Waals surface area contributed by atoms with Crippen LogP contribution >= 0.6 is 11.6 Å². The number of amides is 2. The van der Waals surface area contributed by atoms with Gasteiger partial charge >= 0.3 is 0 Å². The molecule has 0 bridgehead atoms. The van der Waals surface area contributed by atoms with E-state index in [4.69, 9.17) is 11.6 Å². The molecule has 144 valence electrons. The smallest absolute Gasteiger partial charge is 0.251 e. The molecule has 2 aromatic carbocycles. The number of hydrogen-bond acceptors (Lipinski definition) is 4. The SMILES string of the molecule is CCNC(=O)c1cccc(NC(=O)CNc2cc(Cl)ccc2-n2cccn2)c1. The van der Waals surface area contributed by atoms with E-state index in [0.717, 1.165) is 5.69 Å². The summed E-state index contributed by atoms with van der Waals surface area (Å²) in [6.45, 7) is 2.42. The molecule has 7 nitrogen and oxygen atoms in total. The summed E-state index contributed by atoms with van der Waals surface area (Å²) in [5.41, 5.74) is 2.50. The van der Waals surface area contributed by atoms with Crippen molar-refractivity contribution < 1.29 is 9.59 Å². The van der Waals surface area contributed by atoms with Crippen molar-refractivity contribution in [2.24, 2.45) is 0 Å². The molecular weight excluding hydrogens is 378 g/mol. The maximum atomic E-state index is 12.3. The predicted molar refractivity (Wildman–Crippen MR) is 110 cm³/mol. The third-order valence-corrected chi connectivity index (χ3v) is 4.13. The predicted octanol–water partition coefficient (Wildman–Crippen LogP) is 3.33. The molecule has 0 aliphatic carbocycles. The van der Waals surface area contributed by atoms with Gasteiger partial charge < -0.3 is 16.0 Å². The Morgan fingerprint density at radius 3 is 2.75 bits per heavy atom. The molecule has 0 saturated carbocycles. The van der Waals surface area contributed by atoms with Crippen molar-refractivity contribution in [3.05, 3.63) is 71.5 Å². The van der Waals surface area contributed by atoms with E-state index in [9.17, 15) is 9.59 Å². The number of benzene rings is 2. The van der Waals surface area contributed by atoms with Gasteiger partial charge in [0, 0.05) is 35.2 Å². The van der Waals surface area contributed by atoms with Crippen molar-refractivity contribution in [1.29, 1.82) is 0 Å². The van der Waals surface area contributed by atoms with Crippen LogP contribution in [0.15, 0.2) is 60.9 Å². The molecule has 3 N–H and O–H groups in total. The van der Waals surface area contributed by atoms with Crippen LogP contribution in [0.25, 0.3) is 5.69 Å². The molecule has 0 radical (unpaired) electrons. The number of nitrogens with one attached hydrogen (secondary N) is 3. The number of halogens is 1. The second-order valence-corrected chi connectivity index (χ2v) is 6.39. The van der Waals surface area contributed by atoms with Crippen LogP contribution in [0.3, 0.4) is 0 Å². The average molecular weight is 398 g/mol. The molecular formula is C20H20ClN5O2. The third kappa shape index (κ3) is 4.89. The van der Waals surface area contributed by atoms with Gasteiger partial charge in [-0.15, -0.1) is 0 Å². The lowest BCUT2D eigenvalue weighted by atomic mass is 10.2. The van der Waals surface area contributed by atoms with Crippen LogP contribution in [0, 0.1) is 0 Å². The van der Waals surface area contributed by atoms with Crippen molar-refractivity contribution in [2.45, 2.75) is 6.92 Å². The van der Waals surface area contributed by atoms with Crippen molar-refractivity contribution in [1.82, 2.24) is 15.1 Å². The molecule has 0 aliphatic rings. The van der Waals surface area contributed by atoms with Crippen LogP contribution in [0.1, 0.15) is 17.3 Å². The van der Waals surface area contributed by atoms with Gasteiger partial charge in [-0.25, -0.2) is 4.68 Å². The minimum Gasteiger partial charge on any atom is -0.374 e. The number of anilines is 2. The maximum absolute atomic E-state index is 12.3. The standard InChI is InChI=1S/C20H20ClN5O2/c1-2-22-20(28)14-5-3-6-16(11-14)25-19(27)13-23-17-12-15(21)7-8-18(17)26-10-4-9-24-26/h3-12,23H,2,13H2,1H3,(H,22,28)(H,25,27). The van der Waals surface area contributed by atoms with Crippen LogP contribution in [-0.4, -0.2) is 34.7 Å².